The number of nitro benzene ring substituents is 1. The Kier molecular flexibility index (Phi) is 9.51. The summed E-state index contributed by atoms with van der Waals surface area (Å²) in [6.45, 7) is 1.43. The number of nitro groups is 1. The molecule has 0 aromatic heterocycles. The maximum absolute atomic E-state index is 10.5. The number of hydrogen-bond donors (Lipinski definition) is 0. The van der Waals surface area contributed by atoms with E-state index in [2.05, 4.69) is 27.8 Å². The minimum Gasteiger partial charge on any atom is -0.380 e. The van der Waals surface area contributed by atoms with Gasteiger partial charge in [0.15, 0.2) is 0 Å². The summed E-state index contributed by atoms with van der Waals surface area (Å²) in [6, 6.07) is 6.26. The van der Waals surface area contributed by atoms with Gasteiger partial charge < -0.3 is 4.74 Å². The topological polar surface area (TPSA) is 52.4 Å². The molecule has 0 bridgehead atoms. The zero-order valence-corrected chi connectivity index (χ0v) is 13.6. The standard InChI is InChI=1S/C16H20BrNO3/c17-12-4-1-2-5-13-21-14-6-3-7-15-8-10-16(11-9-15)18(19)20/h8-11H,1-2,4-6,12-14H2. The smallest absolute Gasteiger partial charge is 0.269 e. The van der Waals surface area contributed by atoms with Crippen LogP contribution in [0.25, 0.3) is 0 Å². The van der Waals surface area contributed by atoms with E-state index in [1.54, 1.807) is 12.1 Å². The van der Waals surface area contributed by atoms with Crippen LogP contribution in [0.1, 0.15) is 37.7 Å². The summed E-state index contributed by atoms with van der Waals surface area (Å²) >= 11 is 3.41. The molecule has 0 fully saturated rings. The van der Waals surface area contributed by atoms with Gasteiger partial charge >= 0.3 is 0 Å². The van der Waals surface area contributed by atoms with Crippen LogP contribution < -0.4 is 0 Å². The van der Waals surface area contributed by atoms with E-state index in [-0.39, 0.29) is 5.69 Å². The zero-order valence-electron chi connectivity index (χ0n) is 12.0. The van der Waals surface area contributed by atoms with Crippen molar-refractivity contribution in [1.82, 2.24) is 0 Å². The minimum atomic E-state index is -0.414. The molecule has 114 valence electrons. The van der Waals surface area contributed by atoms with E-state index < -0.39 is 4.92 Å². The van der Waals surface area contributed by atoms with Gasteiger partial charge in [-0.05, 0) is 25.0 Å². The van der Waals surface area contributed by atoms with Crippen LogP contribution >= 0.6 is 15.9 Å². The van der Waals surface area contributed by atoms with Gasteiger partial charge in [-0.1, -0.05) is 40.6 Å². The van der Waals surface area contributed by atoms with Gasteiger partial charge in [-0.15, -0.1) is 0 Å². The van der Waals surface area contributed by atoms with Gasteiger partial charge in [0.1, 0.15) is 0 Å². The lowest BCUT2D eigenvalue weighted by Crippen LogP contribution is -1.96. The van der Waals surface area contributed by atoms with E-state index in [1.807, 2.05) is 0 Å². The van der Waals surface area contributed by atoms with Gasteiger partial charge in [-0.3, -0.25) is 10.1 Å². The molecule has 0 N–H and O–H groups in total. The fourth-order valence-electron chi connectivity index (χ4n) is 1.71. The number of alkyl halides is 1. The Bertz CT molecular complexity index is 477. The summed E-state index contributed by atoms with van der Waals surface area (Å²) in [5.41, 5.74) is 0.874. The molecule has 5 heteroatoms. The number of non-ortho nitro benzene ring substituents is 1. The lowest BCUT2D eigenvalue weighted by molar-refractivity contribution is -0.384. The number of nitrogens with zero attached hydrogens (tertiary/aromatic N) is 1. The summed E-state index contributed by atoms with van der Waals surface area (Å²) in [4.78, 5) is 10.1. The maximum atomic E-state index is 10.5. The number of ether oxygens (including phenoxy) is 1. The Morgan fingerprint density at radius 1 is 1.10 bits per heavy atom. The van der Waals surface area contributed by atoms with Crippen molar-refractivity contribution in [2.45, 2.75) is 32.1 Å². The second-order valence-electron chi connectivity index (χ2n) is 4.57. The zero-order chi connectivity index (χ0) is 15.3. The molecule has 21 heavy (non-hydrogen) atoms. The lowest BCUT2D eigenvalue weighted by Gasteiger charge is -2.01. The van der Waals surface area contributed by atoms with Crippen LogP contribution in [0, 0.1) is 22.0 Å². The molecule has 1 aromatic rings. The molecule has 0 atom stereocenters. The molecule has 0 saturated heterocycles. The molecule has 4 nitrogen and oxygen atoms in total. The number of halogens is 1. The fourth-order valence-corrected chi connectivity index (χ4v) is 2.10. The van der Waals surface area contributed by atoms with Crippen LogP contribution in [-0.2, 0) is 4.74 Å². The van der Waals surface area contributed by atoms with Gasteiger partial charge in [0.2, 0.25) is 0 Å². The Morgan fingerprint density at radius 3 is 2.48 bits per heavy atom. The monoisotopic (exact) mass is 353 g/mol. The van der Waals surface area contributed by atoms with Gasteiger partial charge in [0.05, 0.1) is 11.5 Å². The third-order valence-corrected chi connectivity index (χ3v) is 3.42. The molecule has 0 amide bonds. The molecule has 0 unspecified atom stereocenters. The van der Waals surface area contributed by atoms with Gasteiger partial charge in [-0.2, -0.15) is 0 Å². The molecular formula is C16H20BrNO3. The van der Waals surface area contributed by atoms with Crippen molar-refractivity contribution in [2.75, 3.05) is 18.5 Å². The fraction of sp³-hybridized carbons (Fsp3) is 0.500. The van der Waals surface area contributed by atoms with Crippen LogP contribution in [-0.4, -0.2) is 23.5 Å². The van der Waals surface area contributed by atoms with E-state index in [0.717, 1.165) is 23.9 Å². The third-order valence-electron chi connectivity index (χ3n) is 2.85. The van der Waals surface area contributed by atoms with Crippen LogP contribution in [0.4, 0.5) is 5.69 Å². The summed E-state index contributed by atoms with van der Waals surface area (Å²) in [5, 5.41) is 11.6. The summed E-state index contributed by atoms with van der Waals surface area (Å²) < 4.78 is 5.50. The maximum Gasteiger partial charge on any atom is 0.269 e. The van der Waals surface area contributed by atoms with Crippen molar-refractivity contribution >= 4 is 21.6 Å². The average molecular weight is 354 g/mol. The van der Waals surface area contributed by atoms with E-state index in [4.69, 9.17) is 4.74 Å². The molecule has 0 spiro atoms. The highest BCUT2D eigenvalue weighted by Crippen LogP contribution is 2.10. The number of rotatable bonds is 9. The highest BCUT2D eigenvalue weighted by atomic mass is 79.9. The van der Waals surface area contributed by atoms with Crippen molar-refractivity contribution in [2.24, 2.45) is 0 Å². The highest BCUT2D eigenvalue weighted by molar-refractivity contribution is 9.09. The third kappa shape index (κ3) is 8.49. The molecule has 0 aliphatic carbocycles. The lowest BCUT2D eigenvalue weighted by atomic mass is 10.2. The van der Waals surface area contributed by atoms with E-state index in [9.17, 15) is 10.1 Å². The minimum absolute atomic E-state index is 0.0868. The normalized spacial score (nSPS) is 9.95. The average Bonchev–Trinajstić information content (AvgIpc) is 2.49. The first-order valence-electron chi connectivity index (χ1n) is 7.11. The van der Waals surface area contributed by atoms with Gasteiger partial charge in [-0.25, -0.2) is 0 Å². The van der Waals surface area contributed by atoms with Crippen LogP contribution in [0.15, 0.2) is 24.3 Å². The number of unbranched alkanes of at least 4 members (excludes halogenated alkanes) is 3. The number of benzene rings is 1. The van der Waals surface area contributed by atoms with E-state index in [0.29, 0.717) is 13.0 Å². The highest BCUT2D eigenvalue weighted by Gasteiger charge is 2.01. The first-order valence-corrected chi connectivity index (χ1v) is 8.23. The van der Waals surface area contributed by atoms with E-state index in [1.165, 1.54) is 31.4 Å². The first kappa shape index (κ1) is 17.7. The summed E-state index contributed by atoms with van der Waals surface area (Å²) in [6.07, 6.45) is 5.45. The molecule has 1 rings (SSSR count). The Morgan fingerprint density at radius 2 is 1.81 bits per heavy atom. The quantitative estimate of drug-likeness (QED) is 0.218. The van der Waals surface area contributed by atoms with Crippen molar-refractivity contribution in [3.05, 3.63) is 39.9 Å². The predicted octanol–water partition coefficient (Wildman–Crippen LogP) is 4.31. The predicted molar refractivity (Wildman–Crippen MR) is 87.7 cm³/mol. The Balaban J connectivity index is 2.11. The largest absolute Gasteiger partial charge is 0.380 e. The molecule has 0 heterocycles. The SMILES string of the molecule is O=[N+]([O-])c1ccc(C#CCCOCCCCCCBr)cc1. The van der Waals surface area contributed by atoms with Crippen molar-refractivity contribution in [1.29, 1.82) is 0 Å². The molecular weight excluding hydrogens is 334 g/mol. The summed E-state index contributed by atoms with van der Waals surface area (Å²) in [5.74, 6) is 5.98. The van der Waals surface area contributed by atoms with Crippen LogP contribution in [0.5, 0.6) is 0 Å². The molecule has 0 aliphatic rings. The van der Waals surface area contributed by atoms with Gasteiger partial charge in [0.25, 0.3) is 5.69 Å². The van der Waals surface area contributed by atoms with Crippen molar-refractivity contribution in [3.8, 4) is 11.8 Å². The van der Waals surface area contributed by atoms with Crippen molar-refractivity contribution in [3.63, 3.8) is 0 Å². The Hall–Kier alpha value is -1.38. The second-order valence-corrected chi connectivity index (χ2v) is 5.36. The van der Waals surface area contributed by atoms with Crippen LogP contribution in [0.3, 0.4) is 0 Å². The van der Waals surface area contributed by atoms with Crippen LogP contribution in [0.2, 0.25) is 0 Å². The first-order chi connectivity index (χ1) is 10.2. The Labute approximate surface area is 134 Å². The summed E-state index contributed by atoms with van der Waals surface area (Å²) in [7, 11) is 0. The van der Waals surface area contributed by atoms with Crippen molar-refractivity contribution < 1.29 is 9.66 Å². The van der Waals surface area contributed by atoms with E-state index >= 15 is 0 Å². The molecule has 0 aliphatic heterocycles. The number of hydrogen-bond acceptors (Lipinski definition) is 3. The molecule has 1 aromatic carbocycles. The van der Waals surface area contributed by atoms with Gasteiger partial charge in [0, 0.05) is 36.1 Å². The second kappa shape index (κ2) is 11.3. The molecule has 0 saturated carbocycles. The molecule has 0 radical (unpaired) electrons.